The van der Waals surface area contributed by atoms with Gasteiger partial charge in [-0.25, -0.2) is 9.97 Å². The van der Waals surface area contributed by atoms with Crippen LogP contribution in [0.1, 0.15) is 29.3 Å². The number of amides is 1. The number of thiazole rings is 1. The molecule has 0 aliphatic carbocycles. The predicted molar refractivity (Wildman–Crippen MR) is 76.6 cm³/mol. The van der Waals surface area contributed by atoms with E-state index >= 15 is 0 Å². The van der Waals surface area contributed by atoms with Gasteiger partial charge in [-0.1, -0.05) is 6.92 Å². The topological polar surface area (TPSA) is 65.1 Å². The number of likely N-dealkylation sites (N-methyl/N-ethyl adjacent to an activating group) is 1. The Kier molecular flexibility index (Phi) is 3.79. The number of aromatic nitrogens is 3. The van der Waals surface area contributed by atoms with E-state index in [1.54, 1.807) is 17.1 Å². The molecule has 0 saturated carbocycles. The van der Waals surface area contributed by atoms with Crippen LogP contribution in [0.25, 0.3) is 0 Å². The van der Waals surface area contributed by atoms with E-state index in [1.165, 1.54) is 11.3 Å². The second-order valence-electron chi connectivity index (χ2n) is 4.74. The lowest BCUT2D eigenvalue weighted by molar-refractivity contribution is 0.0475. The van der Waals surface area contributed by atoms with Crippen molar-refractivity contribution in [3.05, 3.63) is 34.8 Å². The zero-order chi connectivity index (χ0) is 13.9. The fraction of sp³-hybridized carbons (Fsp3) is 0.462. The number of imidazole rings is 1. The highest BCUT2D eigenvalue weighted by molar-refractivity contribution is 7.07. The first-order chi connectivity index (χ1) is 9.79. The third-order valence-electron chi connectivity index (χ3n) is 3.67. The number of hydrogen-bond donors (Lipinski definition) is 1. The predicted octanol–water partition coefficient (Wildman–Crippen LogP) is 1.39. The van der Waals surface area contributed by atoms with Crippen molar-refractivity contribution < 1.29 is 4.79 Å². The number of piperazine rings is 1. The van der Waals surface area contributed by atoms with E-state index in [1.807, 2.05) is 11.1 Å². The maximum absolute atomic E-state index is 12.4. The Morgan fingerprint density at radius 1 is 1.50 bits per heavy atom. The van der Waals surface area contributed by atoms with E-state index in [4.69, 9.17) is 0 Å². The molecule has 106 valence electrons. The molecule has 2 aromatic heterocycles. The Hall–Kier alpha value is -1.73. The number of nitrogens with one attached hydrogen (secondary N) is 1. The Bertz CT molecular complexity index is 553. The first kappa shape index (κ1) is 13.3. The molecule has 0 aromatic carbocycles. The van der Waals surface area contributed by atoms with Crippen LogP contribution >= 0.6 is 11.3 Å². The van der Waals surface area contributed by atoms with Crippen molar-refractivity contribution in [3.63, 3.8) is 0 Å². The van der Waals surface area contributed by atoms with Crippen molar-refractivity contribution in [3.8, 4) is 0 Å². The standard InChI is InChI=1S/C13H17N5OS/c1-2-17-5-6-18(13(19)10-8-20-9-16-10)7-11(17)12-14-3-4-15-12/h3-4,8-9,11H,2,5-7H2,1H3,(H,14,15). The molecule has 2 aromatic rings. The van der Waals surface area contributed by atoms with Gasteiger partial charge in [-0.3, -0.25) is 9.69 Å². The third-order valence-corrected chi connectivity index (χ3v) is 4.26. The molecule has 1 amide bonds. The van der Waals surface area contributed by atoms with Crippen molar-refractivity contribution in [2.24, 2.45) is 0 Å². The summed E-state index contributed by atoms with van der Waals surface area (Å²) in [6, 6.07) is 0.131. The second kappa shape index (κ2) is 5.72. The summed E-state index contributed by atoms with van der Waals surface area (Å²) >= 11 is 1.45. The molecule has 3 heterocycles. The molecule has 1 fully saturated rings. The van der Waals surface area contributed by atoms with Gasteiger partial charge >= 0.3 is 0 Å². The van der Waals surface area contributed by atoms with Crippen LogP contribution < -0.4 is 0 Å². The number of aromatic amines is 1. The lowest BCUT2D eigenvalue weighted by atomic mass is 10.1. The SMILES string of the molecule is CCN1CCN(C(=O)c2cscn2)CC1c1ncc[nH]1. The summed E-state index contributed by atoms with van der Waals surface area (Å²) in [5, 5.41) is 1.80. The smallest absolute Gasteiger partial charge is 0.273 e. The summed E-state index contributed by atoms with van der Waals surface area (Å²) in [5.74, 6) is 0.932. The van der Waals surface area contributed by atoms with Crippen molar-refractivity contribution in [1.82, 2.24) is 24.8 Å². The highest BCUT2D eigenvalue weighted by Gasteiger charge is 2.31. The van der Waals surface area contributed by atoms with E-state index in [0.29, 0.717) is 12.2 Å². The molecule has 6 nitrogen and oxygen atoms in total. The Morgan fingerprint density at radius 2 is 2.40 bits per heavy atom. The summed E-state index contributed by atoms with van der Waals surface area (Å²) in [6.07, 6.45) is 3.58. The van der Waals surface area contributed by atoms with Crippen LogP contribution in [0, 0.1) is 0 Å². The normalized spacial score (nSPS) is 20.2. The molecular weight excluding hydrogens is 274 g/mol. The minimum absolute atomic E-state index is 0.0126. The van der Waals surface area contributed by atoms with Crippen LogP contribution in [0.2, 0.25) is 0 Å². The van der Waals surface area contributed by atoms with Crippen LogP contribution in [0.5, 0.6) is 0 Å². The van der Waals surface area contributed by atoms with Gasteiger partial charge < -0.3 is 9.88 Å². The van der Waals surface area contributed by atoms with Crippen molar-refractivity contribution in [2.45, 2.75) is 13.0 Å². The molecule has 7 heteroatoms. The molecule has 0 bridgehead atoms. The van der Waals surface area contributed by atoms with Gasteiger partial charge in [0, 0.05) is 37.4 Å². The van der Waals surface area contributed by atoms with Crippen LogP contribution in [-0.4, -0.2) is 56.8 Å². The number of H-pyrrole nitrogens is 1. The van der Waals surface area contributed by atoms with Gasteiger partial charge in [-0.2, -0.15) is 0 Å². The van der Waals surface area contributed by atoms with Crippen molar-refractivity contribution >= 4 is 17.2 Å². The van der Waals surface area contributed by atoms with Crippen molar-refractivity contribution in [2.75, 3.05) is 26.2 Å². The lowest BCUT2D eigenvalue weighted by Gasteiger charge is -2.39. The summed E-state index contributed by atoms with van der Waals surface area (Å²) in [4.78, 5) is 28.2. The fourth-order valence-corrected chi connectivity index (χ4v) is 3.11. The largest absolute Gasteiger partial charge is 0.347 e. The number of rotatable bonds is 3. The molecule has 1 aliphatic heterocycles. The highest BCUT2D eigenvalue weighted by Crippen LogP contribution is 2.23. The highest BCUT2D eigenvalue weighted by atomic mass is 32.1. The maximum Gasteiger partial charge on any atom is 0.273 e. The van der Waals surface area contributed by atoms with Crippen LogP contribution in [0.15, 0.2) is 23.3 Å². The Labute approximate surface area is 121 Å². The second-order valence-corrected chi connectivity index (χ2v) is 5.46. The molecule has 0 spiro atoms. The number of hydrogen-bond acceptors (Lipinski definition) is 5. The molecule has 1 saturated heterocycles. The molecule has 1 N–H and O–H groups in total. The first-order valence-electron chi connectivity index (χ1n) is 6.70. The molecular formula is C13H17N5OS. The fourth-order valence-electron chi connectivity index (χ4n) is 2.58. The van der Waals surface area contributed by atoms with Gasteiger partial charge in [0.2, 0.25) is 0 Å². The van der Waals surface area contributed by atoms with Crippen LogP contribution in [0.3, 0.4) is 0 Å². The van der Waals surface area contributed by atoms with Crippen LogP contribution in [0.4, 0.5) is 0 Å². The van der Waals surface area contributed by atoms with E-state index in [0.717, 1.165) is 25.5 Å². The monoisotopic (exact) mass is 291 g/mol. The van der Waals surface area contributed by atoms with Gasteiger partial charge in [0.1, 0.15) is 11.5 Å². The van der Waals surface area contributed by atoms with Crippen LogP contribution in [-0.2, 0) is 0 Å². The van der Waals surface area contributed by atoms with Gasteiger partial charge in [-0.15, -0.1) is 11.3 Å². The number of carbonyl (C=O) groups is 1. The third kappa shape index (κ3) is 2.46. The first-order valence-corrected chi connectivity index (χ1v) is 7.64. The minimum Gasteiger partial charge on any atom is -0.347 e. The number of carbonyl (C=O) groups excluding carboxylic acids is 1. The lowest BCUT2D eigenvalue weighted by Crippen LogP contribution is -2.50. The molecule has 1 aliphatic rings. The molecule has 0 radical (unpaired) electrons. The van der Waals surface area contributed by atoms with Gasteiger partial charge in [0.15, 0.2) is 0 Å². The van der Waals surface area contributed by atoms with E-state index in [2.05, 4.69) is 26.8 Å². The Balaban J connectivity index is 1.78. The molecule has 20 heavy (non-hydrogen) atoms. The zero-order valence-electron chi connectivity index (χ0n) is 11.3. The molecule has 1 unspecified atom stereocenters. The van der Waals surface area contributed by atoms with Gasteiger partial charge in [0.05, 0.1) is 11.6 Å². The molecule has 3 rings (SSSR count). The summed E-state index contributed by atoms with van der Waals surface area (Å²) < 4.78 is 0. The average Bonchev–Trinajstić information content (AvgIpc) is 3.18. The summed E-state index contributed by atoms with van der Waals surface area (Å²) in [7, 11) is 0. The van der Waals surface area contributed by atoms with Gasteiger partial charge in [-0.05, 0) is 6.54 Å². The summed E-state index contributed by atoms with van der Waals surface area (Å²) in [5.41, 5.74) is 2.23. The van der Waals surface area contributed by atoms with E-state index in [9.17, 15) is 4.79 Å². The van der Waals surface area contributed by atoms with E-state index in [-0.39, 0.29) is 11.9 Å². The molecule has 1 atom stereocenters. The van der Waals surface area contributed by atoms with Crippen molar-refractivity contribution in [1.29, 1.82) is 0 Å². The minimum atomic E-state index is 0.0126. The zero-order valence-corrected chi connectivity index (χ0v) is 12.1. The number of nitrogens with zero attached hydrogens (tertiary/aromatic N) is 4. The van der Waals surface area contributed by atoms with Gasteiger partial charge in [0.25, 0.3) is 5.91 Å². The van der Waals surface area contributed by atoms with E-state index < -0.39 is 0 Å². The Morgan fingerprint density at radius 3 is 3.05 bits per heavy atom. The summed E-state index contributed by atoms with van der Waals surface area (Å²) in [6.45, 7) is 5.33. The maximum atomic E-state index is 12.4. The average molecular weight is 291 g/mol. The quantitative estimate of drug-likeness (QED) is 0.928.